The molecule has 0 saturated heterocycles. The van der Waals surface area contributed by atoms with E-state index in [1.54, 1.807) is 29.9 Å². The maximum Gasteiger partial charge on any atom is 0.271 e. The second-order valence-electron chi connectivity index (χ2n) is 6.67. The molecule has 0 atom stereocenters. The van der Waals surface area contributed by atoms with Gasteiger partial charge in [-0.1, -0.05) is 11.6 Å². The zero-order valence-electron chi connectivity index (χ0n) is 16.5. The van der Waals surface area contributed by atoms with Gasteiger partial charge < -0.3 is 4.74 Å². The van der Waals surface area contributed by atoms with Crippen molar-refractivity contribution in [2.24, 2.45) is 7.05 Å². The van der Waals surface area contributed by atoms with Gasteiger partial charge in [0.1, 0.15) is 5.75 Å². The van der Waals surface area contributed by atoms with Crippen LogP contribution in [0.5, 0.6) is 5.75 Å². The zero-order chi connectivity index (χ0) is 21.0. The largest absolute Gasteiger partial charge is 0.493 e. The first kappa shape index (κ1) is 20.6. The number of aryl methyl sites for hydroxylation is 3. The highest BCUT2D eigenvalue weighted by molar-refractivity contribution is 6.30. The molecule has 8 nitrogen and oxygen atoms in total. The number of amides is 2. The van der Waals surface area contributed by atoms with Gasteiger partial charge in [-0.25, -0.2) is 4.98 Å². The highest BCUT2D eigenvalue weighted by atomic mass is 35.5. The lowest BCUT2D eigenvalue weighted by Gasteiger charge is -2.10. The molecule has 1 aromatic carbocycles. The number of fused-ring (bicyclic) bond motifs is 1. The Kier molecular flexibility index (Phi) is 6.33. The van der Waals surface area contributed by atoms with Crippen molar-refractivity contribution in [2.45, 2.75) is 26.7 Å². The van der Waals surface area contributed by atoms with Gasteiger partial charge >= 0.3 is 0 Å². The Balaban J connectivity index is 1.44. The Morgan fingerprint density at radius 1 is 1.21 bits per heavy atom. The summed E-state index contributed by atoms with van der Waals surface area (Å²) in [5.74, 6) is -0.0119. The van der Waals surface area contributed by atoms with Gasteiger partial charge in [0, 0.05) is 30.1 Å². The van der Waals surface area contributed by atoms with Crippen molar-refractivity contribution in [1.82, 2.24) is 25.6 Å². The van der Waals surface area contributed by atoms with E-state index in [1.165, 1.54) is 6.20 Å². The first-order valence-corrected chi connectivity index (χ1v) is 9.50. The zero-order valence-corrected chi connectivity index (χ0v) is 17.2. The standard InChI is InChI=1S/C20H22ClN5O3/c1-12-9-15(21)6-7-17(12)29-8-4-5-18(27)23-24-20(28)14-10-16-13(2)25-26(3)19(16)22-11-14/h6-7,9-11H,4-5,8H2,1-3H3,(H,23,27)(H,24,28). The van der Waals surface area contributed by atoms with Gasteiger partial charge in [-0.3, -0.25) is 25.1 Å². The van der Waals surface area contributed by atoms with E-state index in [1.807, 2.05) is 19.9 Å². The van der Waals surface area contributed by atoms with Crippen LogP contribution >= 0.6 is 11.6 Å². The molecule has 3 aromatic rings. The highest BCUT2D eigenvalue weighted by Gasteiger charge is 2.12. The summed E-state index contributed by atoms with van der Waals surface area (Å²) in [5.41, 5.74) is 7.56. The maximum atomic E-state index is 12.3. The predicted octanol–water partition coefficient (Wildman–Crippen LogP) is 2.86. The molecule has 9 heteroatoms. The van der Waals surface area contributed by atoms with E-state index >= 15 is 0 Å². The molecule has 0 aliphatic carbocycles. The van der Waals surface area contributed by atoms with Crippen LogP contribution in [0.25, 0.3) is 11.0 Å². The van der Waals surface area contributed by atoms with Gasteiger partial charge in [-0.2, -0.15) is 5.10 Å². The van der Waals surface area contributed by atoms with Crippen molar-refractivity contribution in [3.05, 3.63) is 52.3 Å². The van der Waals surface area contributed by atoms with Crippen LogP contribution in [0.2, 0.25) is 5.02 Å². The lowest BCUT2D eigenvalue weighted by Crippen LogP contribution is -2.41. The number of rotatable bonds is 6. The molecule has 29 heavy (non-hydrogen) atoms. The number of aromatic nitrogens is 3. The molecule has 0 aliphatic heterocycles. The van der Waals surface area contributed by atoms with Gasteiger partial charge in [-0.15, -0.1) is 0 Å². The van der Waals surface area contributed by atoms with Gasteiger partial charge in [0.15, 0.2) is 5.65 Å². The minimum absolute atomic E-state index is 0.214. The summed E-state index contributed by atoms with van der Waals surface area (Å²) in [6.07, 6.45) is 2.17. The molecule has 3 rings (SSSR count). The van der Waals surface area contributed by atoms with Gasteiger partial charge in [0.05, 0.1) is 17.9 Å². The van der Waals surface area contributed by atoms with E-state index in [-0.39, 0.29) is 12.3 Å². The molecule has 152 valence electrons. The van der Waals surface area contributed by atoms with E-state index in [9.17, 15) is 9.59 Å². The molecule has 2 heterocycles. The van der Waals surface area contributed by atoms with Crippen LogP contribution in [0.1, 0.15) is 34.5 Å². The number of pyridine rings is 1. The van der Waals surface area contributed by atoms with Crippen molar-refractivity contribution in [3.8, 4) is 5.75 Å². The number of hydrazine groups is 1. The Hall–Kier alpha value is -3.13. The second kappa shape index (κ2) is 8.91. The van der Waals surface area contributed by atoms with Gasteiger partial charge in [0.25, 0.3) is 5.91 Å². The summed E-state index contributed by atoms with van der Waals surface area (Å²) < 4.78 is 7.30. The van der Waals surface area contributed by atoms with Crippen LogP contribution < -0.4 is 15.6 Å². The number of hydrogen-bond donors (Lipinski definition) is 2. The maximum absolute atomic E-state index is 12.3. The molecule has 0 fully saturated rings. The Morgan fingerprint density at radius 3 is 2.76 bits per heavy atom. The number of carbonyl (C=O) groups excluding carboxylic acids is 2. The molecule has 0 aliphatic rings. The fourth-order valence-electron chi connectivity index (χ4n) is 2.88. The molecule has 2 aromatic heterocycles. The predicted molar refractivity (Wildman–Crippen MR) is 110 cm³/mol. The van der Waals surface area contributed by atoms with E-state index < -0.39 is 5.91 Å². The Labute approximate surface area is 173 Å². The third kappa shape index (κ3) is 5.03. The summed E-state index contributed by atoms with van der Waals surface area (Å²) in [7, 11) is 1.79. The van der Waals surface area contributed by atoms with E-state index in [0.29, 0.717) is 29.3 Å². The molecule has 0 spiro atoms. The van der Waals surface area contributed by atoms with E-state index in [0.717, 1.165) is 22.4 Å². The SMILES string of the molecule is Cc1cc(Cl)ccc1OCCCC(=O)NNC(=O)c1cnc2c(c1)c(C)nn2C. The first-order chi connectivity index (χ1) is 13.8. The normalized spacial score (nSPS) is 10.8. The summed E-state index contributed by atoms with van der Waals surface area (Å²) in [5, 5.41) is 5.72. The van der Waals surface area contributed by atoms with Crippen LogP contribution in [0.4, 0.5) is 0 Å². The molecular formula is C20H22ClN5O3. The average Bonchev–Trinajstić information content (AvgIpc) is 2.98. The summed E-state index contributed by atoms with van der Waals surface area (Å²) in [4.78, 5) is 28.5. The second-order valence-corrected chi connectivity index (χ2v) is 7.10. The molecule has 0 unspecified atom stereocenters. The topological polar surface area (TPSA) is 98.1 Å². The number of halogens is 1. The summed E-state index contributed by atoms with van der Waals surface area (Å²) in [6, 6.07) is 7.07. The van der Waals surface area contributed by atoms with Crippen molar-refractivity contribution in [3.63, 3.8) is 0 Å². The van der Waals surface area contributed by atoms with Crippen molar-refractivity contribution >= 4 is 34.4 Å². The Bertz CT molecular complexity index is 1060. The number of carbonyl (C=O) groups is 2. The number of hydrogen-bond acceptors (Lipinski definition) is 5. The fourth-order valence-corrected chi connectivity index (χ4v) is 3.11. The lowest BCUT2D eigenvalue weighted by atomic mass is 10.2. The summed E-state index contributed by atoms with van der Waals surface area (Å²) in [6.45, 7) is 4.13. The number of benzene rings is 1. The number of ether oxygens (including phenoxy) is 1. The van der Waals surface area contributed by atoms with Crippen LogP contribution in [0, 0.1) is 13.8 Å². The van der Waals surface area contributed by atoms with Crippen LogP contribution in [-0.4, -0.2) is 33.2 Å². The minimum atomic E-state index is -0.441. The van der Waals surface area contributed by atoms with Crippen molar-refractivity contribution in [2.75, 3.05) is 6.61 Å². The average molecular weight is 416 g/mol. The molecular weight excluding hydrogens is 394 g/mol. The Morgan fingerprint density at radius 2 is 2.00 bits per heavy atom. The third-order valence-electron chi connectivity index (χ3n) is 4.38. The molecule has 0 bridgehead atoms. The first-order valence-electron chi connectivity index (χ1n) is 9.12. The van der Waals surface area contributed by atoms with Crippen molar-refractivity contribution < 1.29 is 14.3 Å². The molecule has 0 radical (unpaired) electrons. The number of nitrogens with zero attached hydrogens (tertiary/aromatic N) is 3. The summed E-state index contributed by atoms with van der Waals surface area (Å²) >= 11 is 5.91. The third-order valence-corrected chi connectivity index (χ3v) is 4.62. The van der Waals surface area contributed by atoms with Gasteiger partial charge in [0.2, 0.25) is 5.91 Å². The van der Waals surface area contributed by atoms with Crippen LogP contribution in [0.3, 0.4) is 0 Å². The molecule has 2 amide bonds. The van der Waals surface area contributed by atoms with E-state index in [2.05, 4.69) is 20.9 Å². The highest BCUT2D eigenvalue weighted by Crippen LogP contribution is 2.22. The van der Waals surface area contributed by atoms with Crippen LogP contribution in [0.15, 0.2) is 30.5 Å². The minimum Gasteiger partial charge on any atom is -0.493 e. The lowest BCUT2D eigenvalue weighted by molar-refractivity contribution is -0.122. The molecule has 0 saturated carbocycles. The fraction of sp³-hybridized carbons (Fsp3) is 0.300. The van der Waals surface area contributed by atoms with Gasteiger partial charge in [-0.05, 0) is 50.1 Å². The van der Waals surface area contributed by atoms with Crippen LogP contribution in [-0.2, 0) is 11.8 Å². The van der Waals surface area contributed by atoms with Crippen molar-refractivity contribution in [1.29, 1.82) is 0 Å². The molecule has 2 N–H and O–H groups in total. The smallest absolute Gasteiger partial charge is 0.271 e. The quantitative estimate of drug-likeness (QED) is 0.476. The monoisotopic (exact) mass is 415 g/mol. The van der Waals surface area contributed by atoms with E-state index in [4.69, 9.17) is 16.3 Å². The number of nitrogens with one attached hydrogen (secondary N) is 2.